The van der Waals surface area contributed by atoms with Gasteiger partial charge in [-0.25, -0.2) is 18.4 Å². The van der Waals surface area contributed by atoms with Crippen molar-refractivity contribution in [1.29, 1.82) is 0 Å². The topological polar surface area (TPSA) is 86.5 Å². The van der Waals surface area contributed by atoms with E-state index in [1.807, 2.05) is 13.8 Å². The molecule has 0 aliphatic rings. The third kappa shape index (κ3) is 3.82. The summed E-state index contributed by atoms with van der Waals surface area (Å²) in [4.78, 5) is 11.7. The minimum atomic E-state index is -3.81. The van der Waals surface area contributed by atoms with Crippen LogP contribution in [0.5, 0.6) is 0 Å². The zero-order chi connectivity index (χ0) is 13.9. The number of sulfonamides is 1. The first-order chi connectivity index (χ1) is 8.21. The minimum Gasteiger partial charge on any atom is -0.462 e. The van der Waals surface area contributed by atoms with Crippen LogP contribution in [-0.2, 0) is 14.8 Å². The highest BCUT2D eigenvalue weighted by Crippen LogP contribution is 2.16. The van der Waals surface area contributed by atoms with Crippen molar-refractivity contribution in [3.8, 4) is 0 Å². The van der Waals surface area contributed by atoms with E-state index >= 15 is 0 Å². The van der Waals surface area contributed by atoms with Crippen LogP contribution in [0.2, 0.25) is 0 Å². The van der Waals surface area contributed by atoms with E-state index in [1.54, 1.807) is 6.92 Å². The van der Waals surface area contributed by atoms with Gasteiger partial charge in [-0.05, 0) is 30.5 Å². The van der Waals surface area contributed by atoms with Gasteiger partial charge in [0.15, 0.2) is 0 Å². The first-order valence-corrected chi connectivity index (χ1v) is 7.07. The lowest BCUT2D eigenvalue weighted by atomic mass is 10.1. The molecule has 0 aliphatic heterocycles. The molecule has 2 N–H and O–H groups in total. The van der Waals surface area contributed by atoms with E-state index in [0.29, 0.717) is 5.56 Å². The first kappa shape index (κ1) is 14.7. The molecule has 5 nitrogen and oxygen atoms in total. The fourth-order valence-electron chi connectivity index (χ4n) is 1.32. The van der Waals surface area contributed by atoms with E-state index in [0.717, 1.165) is 0 Å². The smallest absolute Gasteiger partial charge is 0.338 e. The normalized spacial score (nSPS) is 11.6. The minimum absolute atomic E-state index is 0.0930. The number of hydrogen-bond acceptors (Lipinski definition) is 4. The lowest BCUT2D eigenvalue weighted by molar-refractivity contribution is 0.0458. The van der Waals surface area contributed by atoms with E-state index in [1.165, 1.54) is 18.2 Å². The molecule has 0 fully saturated rings. The molecule has 0 aromatic heterocycles. The zero-order valence-corrected chi connectivity index (χ0v) is 11.5. The van der Waals surface area contributed by atoms with Gasteiger partial charge in [0.1, 0.15) is 0 Å². The number of aryl methyl sites for hydroxylation is 1. The van der Waals surface area contributed by atoms with Gasteiger partial charge in [0.05, 0.1) is 17.1 Å². The van der Waals surface area contributed by atoms with Gasteiger partial charge in [0, 0.05) is 0 Å². The monoisotopic (exact) mass is 271 g/mol. The van der Waals surface area contributed by atoms with Crippen molar-refractivity contribution in [2.75, 3.05) is 6.61 Å². The molecule has 0 aliphatic carbocycles. The van der Waals surface area contributed by atoms with Gasteiger partial charge in [-0.2, -0.15) is 0 Å². The Balaban J connectivity index is 3.05. The standard InChI is InChI=1S/C12H17NO4S/c1-8(2)7-17-12(14)11-6-10(18(13,15)16)5-4-9(11)3/h4-6,8H,7H2,1-3H3,(H2,13,15,16). The summed E-state index contributed by atoms with van der Waals surface area (Å²) in [6.07, 6.45) is 0. The predicted molar refractivity (Wildman–Crippen MR) is 67.7 cm³/mol. The van der Waals surface area contributed by atoms with Crippen LogP contribution in [0.3, 0.4) is 0 Å². The van der Waals surface area contributed by atoms with Crippen LogP contribution in [0.15, 0.2) is 23.1 Å². The summed E-state index contributed by atoms with van der Waals surface area (Å²) in [6, 6.07) is 4.14. The Kier molecular flexibility index (Phi) is 4.48. The summed E-state index contributed by atoms with van der Waals surface area (Å²) in [6.45, 7) is 5.83. The molecule has 1 aromatic carbocycles. The second-order valence-corrected chi connectivity index (χ2v) is 6.08. The van der Waals surface area contributed by atoms with Gasteiger partial charge in [0.2, 0.25) is 10.0 Å². The Morgan fingerprint density at radius 1 is 1.39 bits per heavy atom. The van der Waals surface area contributed by atoms with Crippen molar-refractivity contribution in [1.82, 2.24) is 0 Å². The van der Waals surface area contributed by atoms with Gasteiger partial charge in [-0.1, -0.05) is 19.9 Å². The second kappa shape index (κ2) is 5.49. The predicted octanol–water partition coefficient (Wildman–Crippen LogP) is 1.46. The van der Waals surface area contributed by atoms with Crippen molar-refractivity contribution in [3.05, 3.63) is 29.3 Å². The average Bonchev–Trinajstić information content (AvgIpc) is 2.24. The molecule has 0 radical (unpaired) electrons. The Hall–Kier alpha value is -1.40. The molecule has 0 spiro atoms. The summed E-state index contributed by atoms with van der Waals surface area (Å²) >= 11 is 0. The van der Waals surface area contributed by atoms with Crippen LogP contribution < -0.4 is 5.14 Å². The Morgan fingerprint density at radius 3 is 2.50 bits per heavy atom. The van der Waals surface area contributed by atoms with Crippen molar-refractivity contribution in [2.24, 2.45) is 11.1 Å². The van der Waals surface area contributed by atoms with Crippen molar-refractivity contribution < 1.29 is 17.9 Å². The highest BCUT2D eigenvalue weighted by Gasteiger charge is 2.16. The first-order valence-electron chi connectivity index (χ1n) is 5.52. The van der Waals surface area contributed by atoms with Gasteiger partial charge < -0.3 is 4.74 Å². The molecule has 100 valence electrons. The summed E-state index contributed by atoms with van der Waals surface area (Å²) < 4.78 is 27.5. The highest BCUT2D eigenvalue weighted by molar-refractivity contribution is 7.89. The average molecular weight is 271 g/mol. The number of ether oxygens (including phenoxy) is 1. The molecule has 0 bridgehead atoms. The number of rotatable bonds is 4. The molecule has 1 rings (SSSR count). The van der Waals surface area contributed by atoms with Crippen molar-refractivity contribution >= 4 is 16.0 Å². The molecule has 6 heteroatoms. The Labute approximate surface area is 107 Å². The number of benzene rings is 1. The van der Waals surface area contributed by atoms with E-state index < -0.39 is 16.0 Å². The third-order valence-corrected chi connectivity index (χ3v) is 3.22. The third-order valence-electron chi connectivity index (χ3n) is 2.31. The van der Waals surface area contributed by atoms with Crippen LogP contribution >= 0.6 is 0 Å². The molecular weight excluding hydrogens is 254 g/mol. The number of nitrogens with two attached hydrogens (primary N) is 1. The second-order valence-electron chi connectivity index (χ2n) is 4.51. The Morgan fingerprint density at radius 2 is 2.00 bits per heavy atom. The molecule has 0 heterocycles. The summed E-state index contributed by atoms with van der Waals surface area (Å²) in [5.74, 6) is -0.317. The fraction of sp³-hybridized carbons (Fsp3) is 0.417. The molecule has 0 atom stereocenters. The zero-order valence-electron chi connectivity index (χ0n) is 10.6. The number of esters is 1. The molecule has 18 heavy (non-hydrogen) atoms. The van der Waals surface area contributed by atoms with Crippen LogP contribution in [0, 0.1) is 12.8 Å². The van der Waals surface area contributed by atoms with Crippen molar-refractivity contribution in [2.45, 2.75) is 25.7 Å². The van der Waals surface area contributed by atoms with Gasteiger partial charge in [0.25, 0.3) is 0 Å². The molecule has 0 saturated heterocycles. The fourth-order valence-corrected chi connectivity index (χ4v) is 1.86. The molecule has 1 aromatic rings. The number of primary sulfonamides is 1. The number of carbonyl (C=O) groups is 1. The lowest BCUT2D eigenvalue weighted by Gasteiger charge is -2.10. The van der Waals surface area contributed by atoms with E-state index in [-0.39, 0.29) is 23.0 Å². The van der Waals surface area contributed by atoms with Crippen LogP contribution in [0.1, 0.15) is 29.8 Å². The van der Waals surface area contributed by atoms with Gasteiger partial charge in [-0.3, -0.25) is 0 Å². The molecule has 0 saturated carbocycles. The molecule has 0 amide bonds. The van der Waals surface area contributed by atoms with E-state index in [9.17, 15) is 13.2 Å². The molecular formula is C12H17NO4S. The summed E-state index contributed by atoms with van der Waals surface area (Å²) in [5.41, 5.74) is 0.873. The lowest BCUT2D eigenvalue weighted by Crippen LogP contribution is -2.15. The number of hydrogen-bond donors (Lipinski definition) is 1. The SMILES string of the molecule is Cc1ccc(S(N)(=O)=O)cc1C(=O)OCC(C)C. The van der Waals surface area contributed by atoms with Crippen LogP contribution in [-0.4, -0.2) is 21.0 Å². The quantitative estimate of drug-likeness (QED) is 0.840. The van der Waals surface area contributed by atoms with E-state index in [4.69, 9.17) is 9.88 Å². The summed E-state index contributed by atoms with van der Waals surface area (Å²) in [7, 11) is -3.81. The highest BCUT2D eigenvalue weighted by atomic mass is 32.2. The van der Waals surface area contributed by atoms with Gasteiger partial charge in [-0.15, -0.1) is 0 Å². The maximum absolute atomic E-state index is 11.8. The van der Waals surface area contributed by atoms with Crippen molar-refractivity contribution in [3.63, 3.8) is 0 Å². The van der Waals surface area contributed by atoms with E-state index in [2.05, 4.69) is 0 Å². The van der Waals surface area contributed by atoms with Crippen LogP contribution in [0.25, 0.3) is 0 Å². The Bertz CT molecular complexity index is 549. The largest absolute Gasteiger partial charge is 0.462 e. The summed E-state index contributed by atoms with van der Waals surface area (Å²) in [5, 5.41) is 5.02. The maximum atomic E-state index is 11.8. The van der Waals surface area contributed by atoms with Gasteiger partial charge >= 0.3 is 5.97 Å². The molecule has 0 unspecified atom stereocenters. The maximum Gasteiger partial charge on any atom is 0.338 e. The van der Waals surface area contributed by atoms with Crippen LogP contribution in [0.4, 0.5) is 0 Å². The number of carbonyl (C=O) groups excluding carboxylic acids is 1.